The molecule has 122 valence electrons. The molecule has 0 radical (unpaired) electrons. The highest BCUT2D eigenvalue weighted by molar-refractivity contribution is 5.87. The number of fused-ring (bicyclic) bond motifs is 1. The lowest BCUT2D eigenvalue weighted by Gasteiger charge is -2.24. The van der Waals surface area contributed by atoms with Crippen LogP contribution in [0.1, 0.15) is 5.56 Å². The summed E-state index contributed by atoms with van der Waals surface area (Å²) >= 11 is 0. The molecule has 0 saturated carbocycles. The molecule has 2 aromatic rings. The number of nitrogens with one attached hydrogen (secondary N) is 1. The Hall–Kier alpha value is -3.42. The van der Waals surface area contributed by atoms with Crippen molar-refractivity contribution in [2.45, 2.75) is 6.10 Å². The van der Waals surface area contributed by atoms with Crippen molar-refractivity contribution < 1.29 is 19.2 Å². The molecule has 1 unspecified atom stereocenters. The minimum Gasteiger partial charge on any atom is -0.485 e. The molecule has 0 saturated heterocycles. The number of hydrogen-bond donors (Lipinski definition) is 1. The Bertz CT molecular complexity index is 806. The topological polar surface area (TPSA) is 103 Å². The van der Waals surface area contributed by atoms with E-state index in [1.54, 1.807) is 36.4 Å². The van der Waals surface area contributed by atoms with E-state index >= 15 is 0 Å². The summed E-state index contributed by atoms with van der Waals surface area (Å²) in [7, 11) is 0. The van der Waals surface area contributed by atoms with Gasteiger partial charge in [0.15, 0.2) is 11.5 Å². The maximum atomic E-state index is 12.1. The molecular weight excluding hydrogens is 314 g/mol. The Morgan fingerprint density at radius 2 is 1.92 bits per heavy atom. The highest BCUT2D eigenvalue weighted by Crippen LogP contribution is 2.30. The summed E-state index contributed by atoms with van der Waals surface area (Å²) in [6.07, 6.45) is 0.371. The lowest BCUT2D eigenvalue weighted by molar-refractivity contribution is -0.385. The van der Waals surface area contributed by atoms with Crippen LogP contribution in [-0.4, -0.2) is 29.8 Å². The number of ether oxygens (including phenoxy) is 2. The standard InChI is InChI=1S/C16H13N3O5/c20-16(15-10-23-13-7-3-4-8-14(13)24-15)18-17-9-11-5-1-2-6-12(11)19(21)22/h1-9,15H,10H2,(H,18,20). The van der Waals surface area contributed by atoms with Crippen LogP contribution in [0.5, 0.6) is 11.5 Å². The predicted molar refractivity (Wildman–Crippen MR) is 85.2 cm³/mol. The third-order valence-corrected chi connectivity index (χ3v) is 3.31. The lowest BCUT2D eigenvalue weighted by atomic mass is 10.2. The first-order chi connectivity index (χ1) is 11.6. The zero-order valence-corrected chi connectivity index (χ0v) is 12.4. The van der Waals surface area contributed by atoms with Gasteiger partial charge < -0.3 is 9.47 Å². The number of hydrazone groups is 1. The Morgan fingerprint density at radius 1 is 1.21 bits per heavy atom. The highest BCUT2D eigenvalue weighted by Gasteiger charge is 2.27. The molecule has 1 atom stereocenters. The highest BCUT2D eigenvalue weighted by atomic mass is 16.6. The molecule has 8 nitrogen and oxygen atoms in total. The van der Waals surface area contributed by atoms with Crippen LogP contribution in [0.4, 0.5) is 5.69 Å². The molecule has 0 spiro atoms. The number of carbonyl (C=O) groups is 1. The zero-order valence-electron chi connectivity index (χ0n) is 12.4. The number of amides is 1. The van der Waals surface area contributed by atoms with Crippen molar-refractivity contribution in [3.8, 4) is 11.5 Å². The van der Waals surface area contributed by atoms with Gasteiger partial charge in [-0.15, -0.1) is 0 Å². The summed E-state index contributed by atoms with van der Waals surface area (Å²) in [5, 5.41) is 14.7. The first-order valence-electron chi connectivity index (χ1n) is 7.10. The molecule has 1 aliphatic heterocycles. The summed E-state index contributed by atoms with van der Waals surface area (Å²) in [4.78, 5) is 22.4. The monoisotopic (exact) mass is 327 g/mol. The molecule has 1 heterocycles. The molecule has 8 heteroatoms. The summed E-state index contributed by atoms with van der Waals surface area (Å²) in [6, 6.07) is 13.1. The zero-order chi connectivity index (χ0) is 16.9. The quantitative estimate of drug-likeness (QED) is 0.525. The van der Waals surface area contributed by atoms with E-state index < -0.39 is 16.9 Å². The Balaban J connectivity index is 1.63. The summed E-state index contributed by atoms with van der Waals surface area (Å²) in [6.45, 7) is 0.0594. The third-order valence-electron chi connectivity index (χ3n) is 3.31. The maximum Gasteiger partial charge on any atom is 0.284 e. The normalized spacial score (nSPS) is 15.9. The number of nitro groups is 1. The molecule has 1 aliphatic rings. The van der Waals surface area contributed by atoms with E-state index in [0.29, 0.717) is 11.5 Å². The Morgan fingerprint density at radius 3 is 2.71 bits per heavy atom. The number of hydrogen-bond acceptors (Lipinski definition) is 6. The van der Waals surface area contributed by atoms with E-state index in [9.17, 15) is 14.9 Å². The predicted octanol–water partition coefficient (Wildman–Crippen LogP) is 1.88. The first-order valence-corrected chi connectivity index (χ1v) is 7.10. The van der Waals surface area contributed by atoms with E-state index in [4.69, 9.17) is 9.47 Å². The number of carbonyl (C=O) groups excluding carboxylic acids is 1. The summed E-state index contributed by atoms with van der Waals surface area (Å²) < 4.78 is 11.0. The van der Waals surface area contributed by atoms with Gasteiger partial charge in [0.05, 0.1) is 16.7 Å². The van der Waals surface area contributed by atoms with Gasteiger partial charge in [-0.2, -0.15) is 5.10 Å². The van der Waals surface area contributed by atoms with Crippen LogP contribution in [0.25, 0.3) is 0 Å². The van der Waals surface area contributed by atoms with Crippen LogP contribution in [0.15, 0.2) is 53.6 Å². The van der Waals surface area contributed by atoms with Gasteiger partial charge in [0, 0.05) is 6.07 Å². The first kappa shape index (κ1) is 15.5. The number of benzene rings is 2. The molecule has 24 heavy (non-hydrogen) atoms. The van der Waals surface area contributed by atoms with Crippen LogP contribution < -0.4 is 14.9 Å². The number of rotatable bonds is 4. The number of para-hydroxylation sites is 3. The largest absolute Gasteiger partial charge is 0.485 e. The van der Waals surface area contributed by atoms with Crippen LogP contribution in [0, 0.1) is 10.1 Å². The van der Waals surface area contributed by atoms with Crippen molar-refractivity contribution in [2.24, 2.45) is 5.10 Å². The van der Waals surface area contributed by atoms with Gasteiger partial charge >= 0.3 is 0 Å². The Labute approximate surface area is 136 Å². The van der Waals surface area contributed by atoms with Gasteiger partial charge in [-0.3, -0.25) is 14.9 Å². The maximum absolute atomic E-state index is 12.1. The van der Waals surface area contributed by atoms with E-state index in [1.165, 1.54) is 18.3 Å². The van der Waals surface area contributed by atoms with E-state index in [0.717, 1.165) is 0 Å². The molecule has 1 N–H and O–H groups in total. The van der Waals surface area contributed by atoms with Crippen molar-refractivity contribution >= 4 is 17.8 Å². The van der Waals surface area contributed by atoms with Crippen molar-refractivity contribution in [1.29, 1.82) is 0 Å². The second-order valence-electron chi connectivity index (χ2n) is 4.91. The van der Waals surface area contributed by atoms with Gasteiger partial charge in [0.1, 0.15) is 6.61 Å². The van der Waals surface area contributed by atoms with Crippen LogP contribution in [-0.2, 0) is 4.79 Å². The summed E-state index contributed by atoms with van der Waals surface area (Å²) in [5.74, 6) is 0.552. The van der Waals surface area contributed by atoms with Gasteiger partial charge in [0.2, 0.25) is 6.10 Å². The van der Waals surface area contributed by atoms with Gasteiger partial charge in [0.25, 0.3) is 11.6 Å². The van der Waals surface area contributed by atoms with Crippen LogP contribution >= 0.6 is 0 Å². The molecule has 1 amide bonds. The average molecular weight is 327 g/mol. The second kappa shape index (κ2) is 6.78. The van der Waals surface area contributed by atoms with Gasteiger partial charge in [-0.1, -0.05) is 24.3 Å². The molecule has 3 rings (SSSR count). The SMILES string of the molecule is O=C(NN=Cc1ccccc1[N+](=O)[O-])C1COc2ccccc2O1. The van der Waals surface area contributed by atoms with Crippen molar-refractivity contribution in [2.75, 3.05) is 6.61 Å². The second-order valence-corrected chi connectivity index (χ2v) is 4.91. The molecule has 0 bridgehead atoms. The molecule has 0 aliphatic carbocycles. The third kappa shape index (κ3) is 3.32. The van der Waals surface area contributed by atoms with Crippen molar-refractivity contribution in [3.63, 3.8) is 0 Å². The summed E-state index contributed by atoms with van der Waals surface area (Å²) in [5.41, 5.74) is 2.49. The Kier molecular flexibility index (Phi) is 4.37. The molecule has 0 fully saturated rings. The van der Waals surface area contributed by atoms with Crippen LogP contribution in [0.2, 0.25) is 0 Å². The van der Waals surface area contributed by atoms with Crippen LogP contribution in [0.3, 0.4) is 0 Å². The molecule has 2 aromatic carbocycles. The number of nitro benzene ring substituents is 1. The van der Waals surface area contributed by atoms with Gasteiger partial charge in [-0.05, 0) is 18.2 Å². The fourth-order valence-corrected chi connectivity index (χ4v) is 2.15. The van der Waals surface area contributed by atoms with Crippen molar-refractivity contribution in [3.05, 3.63) is 64.2 Å². The lowest BCUT2D eigenvalue weighted by Crippen LogP contribution is -2.42. The van der Waals surface area contributed by atoms with E-state index in [-0.39, 0.29) is 17.9 Å². The molecular formula is C16H13N3O5. The fourth-order valence-electron chi connectivity index (χ4n) is 2.15. The fraction of sp³-hybridized carbons (Fsp3) is 0.125. The van der Waals surface area contributed by atoms with E-state index in [2.05, 4.69) is 10.5 Å². The van der Waals surface area contributed by atoms with E-state index in [1.807, 2.05) is 0 Å². The molecule has 0 aromatic heterocycles. The number of nitrogens with zero attached hydrogens (tertiary/aromatic N) is 2. The van der Waals surface area contributed by atoms with Crippen molar-refractivity contribution in [1.82, 2.24) is 5.43 Å². The van der Waals surface area contributed by atoms with Gasteiger partial charge in [-0.25, -0.2) is 5.43 Å². The minimum atomic E-state index is -0.845. The minimum absolute atomic E-state index is 0.0594. The average Bonchev–Trinajstić information content (AvgIpc) is 2.61. The smallest absolute Gasteiger partial charge is 0.284 e.